The molecule has 1 N–H and O–H groups in total. The molecule has 4 rings (SSSR count). The van der Waals surface area contributed by atoms with E-state index in [4.69, 9.17) is 14.0 Å². The van der Waals surface area contributed by atoms with Gasteiger partial charge in [0, 0.05) is 36.4 Å². The summed E-state index contributed by atoms with van der Waals surface area (Å²) in [6.45, 7) is 4.69. The van der Waals surface area contributed by atoms with Crippen LogP contribution in [-0.4, -0.2) is 43.4 Å². The summed E-state index contributed by atoms with van der Waals surface area (Å²) in [7, 11) is 3.16. The van der Waals surface area contributed by atoms with Crippen LogP contribution in [0.5, 0.6) is 11.5 Å². The second-order valence-corrected chi connectivity index (χ2v) is 8.00. The number of rotatable bonds is 7. The average Bonchev–Trinajstić information content (AvgIpc) is 3.33. The van der Waals surface area contributed by atoms with Crippen LogP contribution in [0.3, 0.4) is 0 Å². The first kappa shape index (κ1) is 21.7. The molecule has 1 saturated heterocycles. The molecule has 1 fully saturated rings. The van der Waals surface area contributed by atoms with E-state index in [1.165, 1.54) is 18.5 Å². The van der Waals surface area contributed by atoms with Gasteiger partial charge in [0.25, 0.3) is 0 Å². The molecule has 2 aromatic carbocycles. The Labute approximate surface area is 187 Å². The number of carbonyl (C=O) groups excluding carboxylic acids is 1. The largest absolute Gasteiger partial charge is 0.497 e. The topological polar surface area (TPSA) is 89.7 Å². The van der Waals surface area contributed by atoms with Crippen molar-refractivity contribution in [2.75, 3.05) is 32.2 Å². The highest BCUT2D eigenvalue weighted by Crippen LogP contribution is 2.26. The Hall–Kier alpha value is -3.55. The van der Waals surface area contributed by atoms with Gasteiger partial charge in [-0.25, -0.2) is 0 Å². The molecule has 0 unspecified atom stereocenters. The highest BCUT2D eigenvalue weighted by Gasteiger charge is 2.19. The van der Waals surface area contributed by atoms with E-state index in [1.807, 2.05) is 18.2 Å². The third kappa shape index (κ3) is 4.85. The van der Waals surface area contributed by atoms with E-state index < -0.39 is 5.91 Å². The molecular formula is C24H28N4O4. The summed E-state index contributed by atoms with van der Waals surface area (Å²) in [6.07, 6.45) is 2.43. The van der Waals surface area contributed by atoms with Crippen molar-refractivity contribution < 1.29 is 18.8 Å². The Morgan fingerprint density at radius 2 is 1.88 bits per heavy atom. The maximum Gasteiger partial charge on any atom is 0.316 e. The summed E-state index contributed by atoms with van der Waals surface area (Å²) in [5, 5.41) is 6.75. The average molecular weight is 437 g/mol. The fraction of sp³-hybridized carbons (Fsp3) is 0.375. The van der Waals surface area contributed by atoms with Gasteiger partial charge in [-0.15, -0.1) is 0 Å². The number of amides is 1. The first-order valence-corrected chi connectivity index (χ1v) is 10.8. The summed E-state index contributed by atoms with van der Waals surface area (Å²) in [5.41, 5.74) is 2.77. The van der Waals surface area contributed by atoms with Crippen molar-refractivity contribution in [3.8, 4) is 22.9 Å². The van der Waals surface area contributed by atoms with Crippen LogP contribution in [0, 0.1) is 5.92 Å². The molecule has 0 spiro atoms. The van der Waals surface area contributed by atoms with Gasteiger partial charge in [-0.2, -0.15) is 4.98 Å². The molecule has 1 aliphatic heterocycles. The zero-order valence-corrected chi connectivity index (χ0v) is 18.6. The van der Waals surface area contributed by atoms with Crippen LogP contribution >= 0.6 is 0 Å². The number of aromatic nitrogens is 2. The van der Waals surface area contributed by atoms with E-state index >= 15 is 0 Å². The number of carbonyl (C=O) groups is 1. The summed E-state index contributed by atoms with van der Waals surface area (Å²) in [6, 6.07) is 13.4. The Balaban J connectivity index is 1.40. The molecule has 32 heavy (non-hydrogen) atoms. The monoisotopic (exact) mass is 436 g/mol. The molecule has 0 aliphatic carbocycles. The predicted octanol–water partition coefficient (Wildman–Crippen LogP) is 3.92. The molecule has 1 aliphatic rings. The Kier molecular flexibility index (Phi) is 6.58. The SMILES string of the molecule is COc1ccc(OC)c(CNC(=O)c2nc(-c3ccc(N4CCC(C)CC4)cc3)no2)c1. The first-order chi connectivity index (χ1) is 15.6. The maximum absolute atomic E-state index is 12.5. The van der Waals surface area contributed by atoms with Crippen LogP contribution in [0.4, 0.5) is 5.69 Å². The highest BCUT2D eigenvalue weighted by molar-refractivity contribution is 5.89. The Morgan fingerprint density at radius 1 is 1.12 bits per heavy atom. The van der Waals surface area contributed by atoms with Gasteiger partial charge in [-0.1, -0.05) is 12.1 Å². The number of nitrogens with zero attached hydrogens (tertiary/aromatic N) is 3. The molecule has 0 radical (unpaired) electrons. The maximum atomic E-state index is 12.5. The summed E-state index contributed by atoms with van der Waals surface area (Å²) in [5.74, 6) is 1.97. The minimum atomic E-state index is -0.451. The fourth-order valence-electron chi connectivity index (χ4n) is 3.79. The fourth-order valence-corrected chi connectivity index (χ4v) is 3.79. The lowest BCUT2D eigenvalue weighted by molar-refractivity contribution is 0.0906. The molecule has 1 amide bonds. The van der Waals surface area contributed by atoms with E-state index in [0.29, 0.717) is 17.3 Å². The third-order valence-electron chi connectivity index (χ3n) is 5.82. The van der Waals surface area contributed by atoms with Crippen molar-refractivity contribution >= 4 is 11.6 Å². The van der Waals surface area contributed by atoms with Crippen molar-refractivity contribution in [2.45, 2.75) is 26.3 Å². The quantitative estimate of drug-likeness (QED) is 0.600. The van der Waals surface area contributed by atoms with Gasteiger partial charge in [0.2, 0.25) is 5.82 Å². The van der Waals surface area contributed by atoms with E-state index in [9.17, 15) is 4.79 Å². The number of ether oxygens (including phenoxy) is 2. The van der Waals surface area contributed by atoms with E-state index in [0.717, 1.165) is 30.1 Å². The Bertz CT molecular complexity index is 1060. The molecule has 168 valence electrons. The van der Waals surface area contributed by atoms with Crippen LogP contribution in [0.2, 0.25) is 0 Å². The van der Waals surface area contributed by atoms with Crippen molar-refractivity contribution in [3.63, 3.8) is 0 Å². The molecule has 3 aromatic rings. The van der Waals surface area contributed by atoms with E-state index in [-0.39, 0.29) is 12.4 Å². The van der Waals surface area contributed by atoms with Gasteiger partial charge in [0.05, 0.1) is 14.2 Å². The van der Waals surface area contributed by atoms with Gasteiger partial charge in [-0.05, 0) is 61.2 Å². The standard InChI is InChI=1S/C24H28N4O4/c1-16-10-12-28(13-11-16)19-6-4-17(5-7-19)22-26-24(32-27-22)23(29)25-15-18-14-20(30-2)8-9-21(18)31-3/h4-9,14,16H,10-13,15H2,1-3H3,(H,25,29). The van der Waals surface area contributed by atoms with Crippen LogP contribution in [-0.2, 0) is 6.54 Å². The van der Waals surface area contributed by atoms with Crippen LogP contribution in [0.15, 0.2) is 47.0 Å². The Morgan fingerprint density at radius 3 is 2.56 bits per heavy atom. The molecule has 0 saturated carbocycles. The number of anilines is 1. The lowest BCUT2D eigenvalue weighted by Gasteiger charge is -2.32. The van der Waals surface area contributed by atoms with Gasteiger partial charge in [0.15, 0.2) is 0 Å². The molecule has 0 atom stereocenters. The number of hydrogen-bond acceptors (Lipinski definition) is 7. The minimum Gasteiger partial charge on any atom is -0.497 e. The third-order valence-corrected chi connectivity index (χ3v) is 5.82. The van der Waals surface area contributed by atoms with Gasteiger partial charge < -0.3 is 24.2 Å². The lowest BCUT2D eigenvalue weighted by atomic mass is 9.98. The van der Waals surface area contributed by atoms with E-state index in [2.05, 4.69) is 39.4 Å². The second-order valence-electron chi connectivity index (χ2n) is 8.00. The van der Waals surface area contributed by atoms with Crippen molar-refractivity contribution in [2.24, 2.45) is 5.92 Å². The molecular weight excluding hydrogens is 408 g/mol. The zero-order valence-electron chi connectivity index (χ0n) is 18.6. The van der Waals surface area contributed by atoms with Crippen LogP contribution < -0.4 is 19.7 Å². The smallest absolute Gasteiger partial charge is 0.316 e. The number of nitrogens with one attached hydrogen (secondary N) is 1. The van der Waals surface area contributed by atoms with E-state index in [1.54, 1.807) is 26.4 Å². The number of methoxy groups -OCH3 is 2. The van der Waals surface area contributed by atoms with Crippen molar-refractivity contribution in [3.05, 3.63) is 53.9 Å². The summed E-state index contributed by atoms with van der Waals surface area (Å²) >= 11 is 0. The molecule has 1 aromatic heterocycles. The summed E-state index contributed by atoms with van der Waals surface area (Å²) < 4.78 is 15.8. The van der Waals surface area contributed by atoms with Gasteiger partial charge in [0.1, 0.15) is 11.5 Å². The zero-order chi connectivity index (χ0) is 22.5. The molecule has 8 nitrogen and oxygen atoms in total. The molecule has 8 heteroatoms. The normalized spacial score (nSPS) is 14.3. The number of hydrogen-bond donors (Lipinski definition) is 1. The second kappa shape index (κ2) is 9.72. The van der Waals surface area contributed by atoms with Crippen LogP contribution in [0.1, 0.15) is 36.0 Å². The summed E-state index contributed by atoms with van der Waals surface area (Å²) in [4.78, 5) is 19.2. The predicted molar refractivity (Wildman–Crippen MR) is 121 cm³/mol. The number of benzene rings is 2. The highest BCUT2D eigenvalue weighted by atomic mass is 16.5. The van der Waals surface area contributed by atoms with Gasteiger partial charge >= 0.3 is 11.8 Å². The van der Waals surface area contributed by atoms with Crippen molar-refractivity contribution in [1.82, 2.24) is 15.5 Å². The number of piperidine rings is 1. The lowest BCUT2D eigenvalue weighted by Crippen LogP contribution is -2.32. The van der Waals surface area contributed by atoms with Crippen LogP contribution in [0.25, 0.3) is 11.4 Å². The van der Waals surface area contributed by atoms with Crippen molar-refractivity contribution in [1.29, 1.82) is 0 Å². The molecule has 2 heterocycles. The first-order valence-electron chi connectivity index (χ1n) is 10.8. The molecule has 0 bridgehead atoms. The minimum absolute atomic E-state index is 0.0871. The van der Waals surface area contributed by atoms with Gasteiger partial charge in [-0.3, -0.25) is 4.79 Å².